The maximum absolute atomic E-state index is 12.9. The first-order valence-electron chi connectivity index (χ1n) is 9.08. The van der Waals surface area contributed by atoms with Gasteiger partial charge >= 0.3 is 0 Å². The van der Waals surface area contributed by atoms with Crippen LogP contribution in [0.25, 0.3) is 16.7 Å². The van der Waals surface area contributed by atoms with Crippen molar-refractivity contribution in [2.75, 3.05) is 37.3 Å². The summed E-state index contributed by atoms with van der Waals surface area (Å²) in [6.45, 7) is 3.62. The Kier molecular flexibility index (Phi) is 4.99. The van der Waals surface area contributed by atoms with Crippen molar-refractivity contribution < 1.29 is 8.42 Å². The molecule has 0 aliphatic carbocycles. The summed E-state index contributed by atoms with van der Waals surface area (Å²) in [6, 6.07) is 5.84. The van der Waals surface area contributed by atoms with Crippen molar-refractivity contribution in [3.05, 3.63) is 44.8 Å². The molecule has 0 atom stereocenters. The number of halogens is 1. The highest BCUT2D eigenvalue weighted by Gasteiger charge is 2.26. The van der Waals surface area contributed by atoms with E-state index in [0.717, 1.165) is 15.7 Å². The van der Waals surface area contributed by atoms with Gasteiger partial charge in [0, 0.05) is 43.9 Å². The van der Waals surface area contributed by atoms with Crippen LogP contribution >= 0.6 is 15.9 Å². The molecule has 0 saturated carbocycles. The SMILES string of the molecule is Cc1cc(Br)ccc1-n1cc2c(=O)n(C)c(N3CCN(S(C)(=O)=O)CC3)nc2n1. The highest BCUT2D eigenvalue weighted by atomic mass is 79.9. The Morgan fingerprint density at radius 1 is 1.14 bits per heavy atom. The summed E-state index contributed by atoms with van der Waals surface area (Å²) in [6.07, 6.45) is 2.91. The summed E-state index contributed by atoms with van der Waals surface area (Å²) in [5.74, 6) is 0.494. The van der Waals surface area contributed by atoms with Gasteiger partial charge in [0.25, 0.3) is 5.56 Å². The van der Waals surface area contributed by atoms with Crippen LogP contribution in [-0.2, 0) is 17.1 Å². The number of hydrogen-bond donors (Lipinski definition) is 0. The molecule has 0 radical (unpaired) electrons. The molecule has 0 spiro atoms. The molecule has 1 saturated heterocycles. The van der Waals surface area contributed by atoms with E-state index in [1.807, 2.05) is 30.0 Å². The minimum Gasteiger partial charge on any atom is -0.339 e. The van der Waals surface area contributed by atoms with Gasteiger partial charge in [-0.2, -0.15) is 9.29 Å². The average Bonchev–Trinajstić information content (AvgIpc) is 3.08. The van der Waals surface area contributed by atoms with Crippen LogP contribution in [0.4, 0.5) is 5.95 Å². The van der Waals surface area contributed by atoms with E-state index in [1.54, 1.807) is 17.9 Å². The quantitative estimate of drug-likeness (QED) is 0.560. The predicted molar refractivity (Wildman–Crippen MR) is 115 cm³/mol. The molecule has 3 heterocycles. The third-order valence-electron chi connectivity index (χ3n) is 5.13. The summed E-state index contributed by atoms with van der Waals surface area (Å²) >= 11 is 3.45. The molecular formula is C18H21BrN6O3S. The van der Waals surface area contributed by atoms with E-state index in [2.05, 4.69) is 26.0 Å². The normalized spacial score (nSPS) is 15.9. The molecule has 2 aromatic heterocycles. The topological polar surface area (TPSA) is 93.3 Å². The third-order valence-corrected chi connectivity index (χ3v) is 6.93. The number of benzene rings is 1. The first-order valence-corrected chi connectivity index (χ1v) is 11.7. The largest absolute Gasteiger partial charge is 0.339 e. The monoisotopic (exact) mass is 480 g/mol. The van der Waals surface area contributed by atoms with E-state index in [-0.39, 0.29) is 5.56 Å². The molecule has 11 heteroatoms. The summed E-state index contributed by atoms with van der Waals surface area (Å²) in [7, 11) is -1.54. The van der Waals surface area contributed by atoms with Gasteiger partial charge in [-0.15, -0.1) is 5.10 Å². The van der Waals surface area contributed by atoms with E-state index in [9.17, 15) is 13.2 Å². The van der Waals surface area contributed by atoms with Gasteiger partial charge in [-0.05, 0) is 30.7 Å². The van der Waals surface area contributed by atoms with Gasteiger partial charge in [-0.25, -0.2) is 13.1 Å². The van der Waals surface area contributed by atoms with E-state index >= 15 is 0 Å². The lowest BCUT2D eigenvalue weighted by Crippen LogP contribution is -2.49. The number of aryl methyl sites for hydroxylation is 1. The summed E-state index contributed by atoms with van der Waals surface area (Å²) in [4.78, 5) is 19.5. The Hall–Kier alpha value is -2.24. The smallest absolute Gasteiger partial charge is 0.265 e. The molecule has 1 fully saturated rings. The number of hydrogen-bond acceptors (Lipinski definition) is 6. The molecule has 154 valence electrons. The van der Waals surface area contributed by atoms with Crippen molar-refractivity contribution in [1.29, 1.82) is 0 Å². The van der Waals surface area contributed by atoms with E-state index in [0.29, 0.717) is 43.2 Å². The van der Waals surface area contributed by atoms with Crippen LogP contribution in [0.15, 0.2) is 33.7 Å². The second-order valence-corrected chi connectivity index (χ2v) is 10.1. The standard InChI is InChI=1S/C18H21BrN6O3S/c1-12-10-13(19)4-5-15(12)25-11-14-16(21-25)20-18(22(2)17(14)26)23-6-8-24(9-7-23)29(3,27)28/h4-5,10-11H,6-9H2,1-3H3. The number of fused-ring (bicyclic) bond motifs is 1. The zero-order valence-corrected chi connectivity index (χ0v) is 18.7. The molecule has 0 bridgehead atoms. The number of piperazine rings is 1. The van der Waals surface area contributed by atoms with E-state index in [4.69, 9.17) is 0 Å². The molecule has 1 aliphatic heterocycles. The Labute approximate surface area is 176 Å². The van der Waals surface area contributed by atoms with Crippen LogP contribution in [-0.4, -0.2) is 64.5 Å². The van der Waals surface area contributed by atoms with Crippen molar-refractivity contribution >= 4 is 42.9 Å². The molecule has 9 nitrogen and oxygen atoms in total. The molecule has 1 aromatic carbocycles. The average molecular weight is 481 g/mol. The number of aromatic nitrogens is 4. The third kappa shape index (κ3) is 3.69. The first kappa shape index (κ1) is 20.0. The molecule has 29 heavy (non-hydrogen) atoms. The second kappa shape index (κ2) is 7.22. The van der Waals surface area contributed by atoms with Crippen molar-refractivity contribution in [3.63, 3.8) is 0 Å². The lowest BCUT2D eigenvalue weighted by Gasteiger charge is -2.34. The zero-order chi connectivity index (χ0) is 20.9. The van der Waals surface area contributed by atoms with Crippen LogP contribution in [0.3, 0.4) is 0 Å². The molecule has 3 aromatic rings. The Morgan fingerprint density at radius 2 is 1.83 bits per heavy atom. The lowest BCUT2D eigenvalue weighted by atomic mass is 10.2. The predicted octanol–water partition coefficient (Wildman–Crippen LogP) is 1.27. The Bertz CT molecular complexity index is 1260. The minimum absolute atomic E-state index is 0.184. The summed E-state index contributed by atoms with van der Waals surface area (Å²) in [5, 5.41) is 4.97. The van der Waals surface area contributed by atoms with Crippen molar-refractivity contribution in [2.24, 2.45) is 7.05 Å². The second-order valence-electron chi connectivity index (χ2n) is 7.17. The fourth-order valence-corrected chi connectivity index (χ4v) is 4.84. The van der Waals surface area contributed by atoms with Crippen LogP contribution in [0.5, 0.6) is 0 Å². The molecule has 4 rings (SSSR count). The van der Waals surface area contributed by atoms with E-state index in [1.165, 1.54) is 15.1 Å². The Balaban J connectivity index is 1.72. The highest BCUT2D eigenvalue weighted by molar-refractivity contribution is 9.10. The summed E-state index contributed by atoms with van der Waals surface area (Å²) in [5.41, 5.74) is 2.07. The fraction of sp³-hybridized carbons (Fsp3) is 0.389. The van der Waals surface area contributed by atoms with Crippen LogP contribution in [0.1, 0.15) is 5.56 Å². The Morgan fingerprint density at radius 3 is 2.45 bits per heavy atom. The van der Waals surface area contributed by atoms with Crippen LogP contribution in [0, 0.1) is 6.92 Å². The first-order chi connectivity index (χ1) is 13.6. The maximum Gasteiger partial charge on any atom is 0.265 e. The molecule has 0 amide bonds. The van der Waals surface area contributed by atoms with Crippen LogP contribution in [0.2, 0.25) is 0 Å². The highest BCUT2D eigenvalue weighted by Crippen LogP contribution is 2.21. The van der Waals surface area contributed by atoms with Gasteiger partial charge in [0.1, 0.15) is 5.39 Å². The molecular weight excluding hydrogens is 460 g/mol. The van der Waals surface area contributed by atoms with Gasteiger partial charge in [0.05, 0.1) is 11.9 Å². The molecule has 0 unspecified atom stereocenters. The van der Waals surface area contributed by atoms with Gasteiger partial charge in [0.15, 0.2) is 5.65 Å². The minimum atomic E-state index is -3.22. The number of sulfonamides is 1. The summed E-state index contributed by atoms with van der Waals surface area (Å²) < 4.78 is 29.0. The van der Waals surface area contributed by atoms with E-state index < -0.39 is 10.0 Å². The van der Waals surface area contributed by atoms with Crippen molar-refractivity contribution in [2.45, 2.75) is 6.92 Å². The van der Waals surface area contributed by atoms with Gasteiger partial charge in [0.2, 0.25) is 16.0 Å². The molecule has 1 aliphatic rings. The van der Waals surface area contributed by atoms with Gasteiger partial charge < -0.3 is 4.90 Å². The number of anilines is 1. The van der Waals surface area contributed by atoms with Gasteiger partial charge in [-0.3, -0.25) is 9.36 Å². The number of rotatable bonds is 3. The fourth-order valence-electron chi connectivity index (χ4n) is 3.54. The van der Waals surface area contributed by atoms with Crippen molar-refractivity contribution in [1.82, 2.24) is 23.6 Å². The number of nitrogens with zero attached hydrogens (tertiary/aromatic N) is 6. The zero-order valence-electron chi connectivity index (χ0n) is 16.3. The lowest BCUT2D eigenvalue weighted by molar-refractivity contribution is 0.384. The van der Waals surface area contributed by atoms with Crippen molar-refractivity contribution in [3.8, 4) is 5.69 Å². The maximum atomic E-state index is 12.9. The van der Waals surface area contributed by atoms with Gasteiger partial charge in [-0.1, -0.05) is 15.9 Å². The molecule has 0 N–H and O–H groups in total. The van der Waals surface area contributed by atoms with Crippen LogP contribution < -0.4 is 10.5 Å².